The number of rotatable bonds is 4. The quantitative estimate of drug-likeness (QED) is 0.854. The average molecular weight is 402 g/mol. The van der Waals surface area contributed by atoms with Crippen LogP contribution in [0.4, 0.5) is 10.1 Å². The minimum Gasteiger partial charge on any atom is -0.381 e. The highest BCUT2D eigenvalue weighted by molar-refractivity contribution is 7.08. The molecule has 2 aliphatic heterocycles. The summed E-state index contributed by atoms with van der Waals surface area (Å²) in [6.07, 6.45) is 1.85. The fourth-order valence-corrected chi connectivity index (χ4v) is 4.95. The molecule has 7 heteroatoms. The van der Waals surface area contributed by atoms with Crippen LogP contribution in [0.15, 0.2) is 41.1 Å². The number of halogens is 1. The Morgan fingerprint density at radius 2 is 2.11 bits per heavy atom. The normalized spacial score (nSPS) is 21.0. The molecule has 5 nitrogen and oxygen atoms in total. The van der Waals surface area contributed by atoms with Gasteiger partial charge >= 0.3 is 0 Å². The van der Waals surface area contributed by atoms with Crippen LogP contribution in [0.2, 0.25) is 0 Å². The SMILES string of the molecule is O=C(Nc1cccc(F)c1)C1CN(C(=O)Cc2ccsc2)CC12CCOCC2. The van der Waals surface area contributed by atoms with E-state index in [9.17, 15) is 14.0 Å². The summed E-state index contributed by atoms with van der Waals surface area (Å²) in [5.41, 5.74) is 1.17. The van der Waals surface area contributed by atoms with Crippen molar-refractivity contribution < 1.29 is 18.7 Å². The summed E-state index contributed by atoms with van der Waals surface area (Å²) in [6, 6.07) is 7.85. The van der Waals surface area contributed by atoms with E-state index in [0.29, 0.717) is 38.4 Å². The van der Waals surface area contributed by atoms with Crippen molar-refractivity contribution in [2.75, 3.05) is 31.6 Å². The van der Waals surface area contributed by atoms with Crippen LogP contribution in [-0.2, 0) is 20.7 Å². The first-order valence-electron chi connectivity index (χ1n) is 9.49. The molecule has 1 aromatic carbocycles. The molecule has 1 N–H and O–H groups in total. The third kappa shape index (κ3) is 3.95. The highest BCUT2D eigenvalue weighted by Gasteiger charge is 2.51. The molecule has 1 aromatic heterocycles. The Morgan fingerprint density at radius 1 is 1.29 bits per heavy atom. The summed E-state index contributed by atoms with van der Waals surface area (Å²) in [4.78, 5) is 27.7. The van der Waals surface area contributed by atoms with Gasteiger partial charge in [0.15, 0.2) is 0 Å². The van der Waals surface area contributed by atoms with E-state index in [-0.39, 0.29) is 23.1 Å². The number of anilines is 1. The fraction of sp³-hybridized carbons (Fsp3) is 0.429. The van der Waals surface area contributed by atoms with E-state index in [4.69, 9.17) is 4.74 Å². The standard InChI is InChI=1S/C21H23FN2O3S/c22-16-2-1-3-17(11-16)23-20(26)18-12-24(14-21(18)5-7-27-8-6-21)19(25)10-15-4-9-28-13-15/h1-4,9,11,13,18H,5-8,10,12,14H2,(H,23,26). The van der Waals surface area contributed by atoms with Crippen LogP contribution >= 0.6 is 11.3 Å². The van der Waals surface area contributed by atoms with Gasteiger partial charge in [-0.05, 0) is 53.4 Å². The number of amides is 2. The zero-order valence-corrected chi connectivity index (χ0v) is 16.3. The van der Waals surface area contributed by atoms with Crippen molar-refractivity contribution in [3.05, 3.63) is 52.5 Å². The van der Waals surface area contributed by atoms with Crippen LogP contribution < -0.4 is 5.32 Å². The van der Waals surface area contributed by atoms with Crippen molar-refractivity contribution in [3.8, 4) is 0 Å². The number of carbonyl (C=O) groups is 2. The van der Waals surface area contributed by atoms with E-state index in [0.717, 1.165) is 18.4 Å². The van der Waals surface area contributed by atoms with E-state index in [1.807, 2.05) is 21.7 Å². The number of hydrogen-bond acceptors (Lipinski definition) is 4. The summed E-state index contributed by atoms with van der Waals surface area (Å²) < 4.78 is 19.0. The van der Waals surface area contributed by atoms with Gasteiger partial charge in [-0.25, -0.2) is 4.39 Å². The second-order valence-electron chi connectivity index (χ2n) is 7.61. The lowest BCUT2D eigenvalue weighted by molar-refractivity contribution is -0.130. The van der Waals surface area contributed by atoms with Crippen LogP contribution in [0.3, 0.4) is 0 Å². The Balaban J connectivity index is 1.51. The molecule has 28 heavy (non-hydrogen) atoms. The first-order valence-corrected chi connectivity index (χ1v) is 10.4. The monoisotopic (exact) mass is 402 g/mol. The van der Waals surface area contributed by atoms with Crippen LogP contribution in [-0.4, -0.2) is 43.0 Å². The maximum Gasteiger partial charge on any atom is 0.229 e. The molecule has 2 aliphatic rings. The molecule has 0 saturated carbocycles. The second-order valence-corrected chi connectivity index (χ2v) is 8.39. The lowest BCUT2D eigenvalue weighted by atomic mass is 9.71. The second kappa shape index (κ2) is 8.01. The first-order chi connectivity index (χ1) is 13.6. The number of nitrogens with zero attached hydrogens (tertiary/aromatic N) is 1. The molecular weight excluding hydrogens is 379 g/mol. The summed E-state index contributed by atoms with van der Waals surface area (Å²) in [5.74, 6) is -0.827. The number of nitrogens with one attached hydrogen (secondary N) is 1. The molecule has 2 fully saturated rings. The number of likely N-dealkylation sites (tertiary alicyclic amines) is 1. The first kappa shape index (κ1) is 19.1. The predicted molar refractivity (Wildman–Crippen MR) is 106 cm³/mol. The summed E-state index contributed by atoms with van der Waals surface area (Å²) in [7, 11) is 0. The molecule has 1 atom stereocenters. The van der Waals surface area contributed by atoms with E-state index in [1.165, 1.54) is 12.1 Å². The Labute approximate surface area is 167 Å². The molecule has 2 aromatic rings. The van der Waals surface area contributed by atoms with Crippen molar-refractivity contribution in [3.63, 3.8) is 0 Å². The smallest absolute Gasteiger partial charge is 0.229 e. The van der Waals surface area contributed by atoms with Gasteiger partial charge < -0.3 is 15.0 Å². The molecule has 1 unspecified atom stereocenters. The zero-order chi connectivity index (χ0) is 19.6. The minimum absolute atomic E-state index is 0.0466. The van der Waals surface area contributed by atoms with Gasteiger partial charge in [-0.3, -0.25) is 9.59 Å². The Bertz CT molecular complexity index is 849. The maximum atomic E-state index is 13.5. The van der Waals surface area contributed by atoms with Gasteiger partial charge in [0.25, 0.3) is 0 Å². The van der Waals surface area contributed by atoms with Gasteiger partial charge in [0.2, 0.25) is 11.8 Å². The molecule has 0 bridgehead atoms. The largest absolute Gasteiger partial charge is 0.381 e. The van der Waals surface area contributed by atoms with Crippen LogP contribution in [0, 0.1) is 17.2 Å². The zero-order valence-electron chi connectivity index (χ0n) is 15.5. The van der Waals surface area contributed by atoms with Crippen LogP contribution in [0.5, 0.6) is 0 Å². The van der Waals surface area contributed by atoms with Gasteiger partial charge in [0.05, 0.1) is 12.3 Å². The summed E-state index contributed by atoms with van der Waals surface area (Å²) >= 11 is 1.57. The molecule has 2 amide bonds. The highest BCUT2D eigenvalue weighted by Crippen LogP contribution is 2.45. The van der Waals surface area contributed by atoms with Gasteiger partial charge in [0.1, 0.15) is 5.82 Å². The van der Waals surface area contributed by atoms with Gasteiger partial charge in [-0.15, -0.1) is 0 Å². The van der Waals surface area contributed by atoms with Crippen molar-refractivity contribution in [2.45, 2.75) is 19.3 Å². The van der Waals surface area contributed by atoms with Gasteiger partial charge in [-0.2, -0.15) is 11.3 Å². The third-order valence-electron chi connectivity index (χ3n) is 5.83. The highest BCUT2D eigenvalue weighted by atomic mass is 32.1. The van der Waals surface area contributed by atoms with E-state index in [2.05, 4.69) is 5.32 Å². The van der Waals surface area contributed by atoms with E-state index >= 15 is 0 Å². The molecule has 4 rings (SSSR count). The molecule has 148 valence electrons. The molecule has 2 saturated heterocycles. The predicted octanol–water partition coefficient (Wildman–Crippen LogP) is 3.32. The Kier molecular flexibility index (Phi) is 5.46. The van der Waals surface area contributed by atoms with E-state index in [1.54, 1.807) is 23.5 Å². The van der Waals surface area contributed by atoms with Crippen LogP contribution in [0.25, 0.3) is 0 Å². The van der Waals surface area contributed by atoms with Crippen LogP contribution in [0.1, 0.15) is 18.4 Å². The number of thiophene rings is 1. The number of carbonyl (C=O) groups excluding carboxylic acids is 2. The Hall–Kier alpha value is -2.25. The minimum atomic E-state index is -0.391. The van der Waals surface area contributed by atoms with E-state index < -0.39 is 5.82 Å². The van der Waals surface area contributed by atoms with Crippen molar-refractivity contribution in [1.29, 1.82) is 0 Å². The lowest BCUT2D eigenvalue weighted by Crippen LogP contribution is -2.42. The molecule has 0 aliphatic carbocycles. The number of hydrogen-bond donors (Lipinski definition) is 1. The molecule has 0 radical (unpaired) electrons. The van der Waals surface area contributed by atoms with Crippen molar-refractivity contribution in [1.82, 2.24) is 4.90 Å². The van der Waals surface area contributed by atoms with Crippen molar-refractivity contribution in [2.24, 2.45) is 11.3 Å². The number of benzene rings is 1. The Morgan fingerprint density at radius 3 is 2.82 bits per heavy atom. The van der Waals surface area contributed by atoms with Gasteiger partial charge in [0, 0.05) is 37.4 Å². The molecule has 1 spiro atoms. The maximum absolute atomic E-state index is 13.5. The number of ether oxygens (including phenoxy) is 1. The topological polar surface area (TPSA) is 58.6 Å². The molecular formula is C21H23FN2O3S. The summed E-state index contributed by atoms with van der Waals surface area (Å²) in [5, 5.41) is 6.78. The molecule has 3 heterocycles. The van der Waals surface area contributed by atoms with Crippen molar-refractivity contribution >= 4 is 28.8 Å². The third-order valence-corrected chi connectivity index (χ3v) is 6.57. The fourth-order valence-electron chi connectivity index (χ4n) is 4.28. The lowest BCUT2D eigenvalue weighted by Gasteiger charge is -2.37. The average Bonchev–Trinajstić information content (AvgIpc) is 3.31. The summed E-state index contributed by atoms with van der Waals surface area (Å²) in [6.45, 7) is 2.15. The van der Waals surface area contributed by atoms with Gasteiger partial charge in [-0.1, -0.05) is 6.07 Å².